The minimum absolute atomic E-state index is 0.303. The second-order valence-electron chi connectivity index (χ2n) is 4.63. The summed E-state index contributed by atoms with van der Waals surface area (Å²) in [6.45, 7) is 3.78. The van der Waals surface area contributed by atoms with Crippen molar-refractivity contribution >= 4 is 23.1 Å². The van der Waals surface area contributed by atoms with Crippen LogP contribution in [0.25, 0.3) is 0 Å². The molecule has 2 aromatic rings. The fourth-order valence-electron chi connectivity index (χ4n) is 2.26. The molecule has 0 amide bonds. The van der Waals surface area contributed by atoms with Crippen molar-refractivity contribution in [3.63, 3.8) is 0 Å². The average molecular weight is 275 g/mol. The van der Waals surface area contributed by atoms with Crippen molar-refractivity contribution in [3.05, 3.63) is 46.4 Å². The van der Waals surface area contributed by atoms with Crippen LogP contribution in [0.15, 0.2) is 24.3 Å². The Morgan fingerprint density at radius 2 is 2.11 bits per heavy atom. The molecule has 0 aliphatic carbocycles. The summed E-state index contributed by atoms with van der Waals surface area (Å²) in [4.78, 5) is 8.64. The van der Waals surface area contributed by atoms with E-state index in [0.29, 0.717) is 5.28 Å². The summed E-state index contributed by atoms with van der Waals surface area (Å²) >= 11 is 6.01. The van der Waals surface area contributed by atoms with Gasteiger partial charge in [0.25, 0.3) is 0 Å². The van der Waals surface area contributed by atoms with Crippen molar-refractivity contribution in [2.75, 3.05) is 11.9 Å². The lowest BCUT2D eigenvalue weighted by molar-refractivity contribution is 0.628. The predicted molar refractivity (Wildman–Crippen MR) is 76.9 cm³/mol. The quantitative estimate of drug-likeness (QED) is 0.827. The Morgan fingerprint density at radius 3 is 2.95 bits per heavy atom. The van der Waals surface area contributed by atoms with Crippen LogP contribution in [0.1, 0.15) is 16.8 Å². The Morgan fingerprint density at radius 1 is 1.26 bits per heavy atom. The van der Waals surface area contributed by atoms with Crippen molar-refractivity contribution < 1.29 is 0 Å². The Labute approximate surface area is 117 Å². The lowest BCUT2D eigenvalue weighted by Gasteiger charge is -2.20. The van der Waals surface area contributed by atoms with Crippen LogP contribution in [0.4, 0.5) is 11.5 Å². The van der Waals surface area contributed by atoms with Gasteiger partial charge in [0.1, 0.15) is 5.82 Å². The smallest absolute Gasteiger partial charge is 0.224 e. The molecule has 0 radical (unpaired) electrons. The standard InChI is InChI=1S/C14H15ClN4/c1-9-4-2-3-5-11(9)17-13-10-8-16-7-6-12(10)18-14(15)19-13/h2-5,16H,6-8H2,1H3,(H,17,18,19). The maximum absolute atomic E-state index is 6.01. The van der Waals surface area contributed by atoms with Crippen molar-refractivity contribution in [2.24, 2.45) is 0 Å². The van der Waals surface area contributed by atoms with Gasteiger partial charge in [0.15, 0.2) is 0 Å². The third kappa shape index (κ3) is 2.55. The van der Waals surface area contributed by atoms with Crippen LogP contribution in [-0.2, 0) is 13.0 Å². The molecule has 1 aromatic heterocycles. The predicted octanol–water partition coefficient (Wildman–Crippen LogP) is 2.83. The largest absolute Gasteiger partial charge is 0.340 e. The van der Waals surface area contributed by atoms with E-state index in [2.05, 4.69) is 33.6 Å². The Bertz CT molecular complexity index is 612. The van der Waals surface area contributed by atoms with Gasteiger partial charge in [-0.15, -0.1) is 0 Å². The van der Waals surface area contributed by atoms with E-state index in [1.54, 1.807) is 0 Å². The number of aryl methyl sites for hydroxylation is 1. The molecule has 0 unspecified atom stereocenters. The number of hydrogen-bond donors (Lipinski definition) is 2. The maximum Gasteiger partial charge on any atom is 0.224 e. The monoisotopic (exact) mass is 274 g/mol. The number of aromatic nitrogens is 2. The van der Waals surface area contributed by atoms with Crippen LogP contribution in [0.3, 0.4) is 0 Å². The molecular weight excluding hydrogens is 260 g/mol. The molecule has 2 heterocycles. The van der Waals surface area contributed by atoms with Gasteiger partial charge in [0.05, 0.1) is 5.69 Å². The number of rotatable bonds is 2. The number of halogens is 1. The SMILES string of the molecule is Cc1ccccc1Nc1nc(Cl)nc2c1CNCC2. The summed E-state index contributed by atoms with van der Waals surface area (Å²) in [6.07, 6.45) is 0.889. The van der Waals surface area contributed by atoms with Gasteiger partial charge < -0.3 is 10.6 Å². The molecule has 19 heavy (non-hydrogen) atoms. The van der Waals surface area contributed by atoms with Crippen LogP contribution in [0.5, 0.6) is 0 Å². The van der Waals surface area contributed by atoms with Crippen molar-refractivity contribution in [3.8, 4) is 0 Å². The van der Waals surface area contributed by atoms with E-state index in [4.69, 9.17) is 11.6 Å². The van der Waals surface area contributed by atoms with E-state index in [0.717, 1.165) is 42.3 Å². The normalized spacial score (nSPS) is 14.0. The fraction of sp³-hybridized carbons (Fsp3) is 0.286. The summed E-state index contributed by atoms with van der Waals surface area (Å²) in [5.74, 6) is 0.802. The molecule has 0 fully saturated rings. The highest BCUT2D eigenvalue weighted by molar-refractivity contribution is 6.28. The first-order valence-corrected chi connectivity index (χ1v) is 6.70. The molecule has 1 aliphatic rings. The van der Waals surface area contributed by atoms with Crippen LogP contribution < -0.4 is 10.6 Å². The van der Waals surface area contributed by atoms with E-state index >= 15 is 0 Å². The van der Waals surface area contributed by atoms with Gasteiger partial charge >= 0.3 is 0 Å². The molecular formula is C14H15ClN4. The summed E-state index contributed by atoms with van der Waals surface area (Å²) in [5, 5.41) is 7.01. The molecule has 0 saturated heterocycles. The highest BCUT2D eigenvalue weighted by Crippen LogP contribution is 2.26. The Hall–Kier alpha value is -1.65. The first-order valence-electron chi connectivity index (χ1n) is 6.32. The number of benzene rings is 1. The van der Waals surface area contributed by atoms with Crippen LogP contribution in [0.2, 0.25) is 5.28 Å². The molecule has 3 rings (SSSR count). The molecule has 5 heteroatoms. The van der Waals surface area contributed by atoms with Gasteiger partial charge in [-0.25, -0.2) is 9.97 Å². The summed E-state index contributed by atoms with van der Waals surface area (Å²) in [5.41, 5.74) is 4.37. The summed E-state index contributed by atoms with van der Waals surface area (Å²) in [7, 11) is 0. The van der Waals surface area contributed by atoms with Crippen LogP contribution in [-0.4, -0.2) is 16.5 Å². The summed E-state index contributed by atoms with van der Waals surface area (Å²) < 4.78 is 0. The van der Waals surface area contributed by atoms with E-state index in [1.807, 2.05) is 18.2 Å². The number of nitrogens with zero attached hydrogens (tertiary/aromatic N) is 2. The van der Waals surface area contributed by atoms with Gasteiger partial charge in [-0.2, -0.15) is 0 Å². The number of anilines is 2. The van der Waals surface area contributed by atoms with E-state index in [-0.39, 0.29) is 0 Å². The molecule has 2 N–H and O–H groups in total. The minimum Gasteiger partial charge on any atom is -0.340 e. The molecule has 4 nitrogen and oxygen atoms in total. The van der Waals surface area contributed by atoms with E-state index < -0.39 is 0 Å². The maximum atomic E-state index is 6.01. The Balaban J connectivity index is 2.01. The van der Waals surface area contributed by atoms with Gasteiger partial charge in [-0.05, 0) is 30.2 Å². The first-order chi connectivity index (χ1) is 9.24. The van der Waals surface area contributed by atoms with E-state index in [9.17, 15) is 0 Å². The second kappa shape index (κ2) is 5.15. The number of nitrogens with one attached hydrogen (secondary N) is 2. The van der Waals surface area contributed by atoms with E-state index in [1.165, 1.54) is 5.56 Å². The zero-order chi connectivity index (χ0) is 13.2. The Kier molecular flexibility index (Phi) is 3.36. The number of fused-ring (bicyclic) bond motifs is 1. The number of para-hydroxylation sites is 1. The lowest BCUT2D eigenvalue weighted by atomic mass is 10.1. The topological polar surface area (TPSA) is 49.8 Å². The molecule has 0 atom stereocenters. The molecule has 98 valence electrons. The van der Waals surface area contributed by atoms with Gasteiger partial charge in [0.2, 0.25) is 5.28 Å². The summed E-state index contributed by atoms with van der Waals surface area (Å²) in [6, 6.07) is 8.12. The highest BCUT2D eigenvalue weighted by Gasteiger charge is 2.17. The minimum atomic E-state index is 0.303. The van der Waals surface area contributed by atoms with Crippen LogP contribution >= 0.6 is 11.6 Å². The average Bonchev–Trinajstić information content (AvgIpc) is 2.41. The first kappa shape index (κ1) is 12.4. The molecule has 1 aromatic carbocycles. The van der Waals surface area contributed by atoms with Crippen molar-refractivity contribution in [1.29, 1.82) is 0 Å². The van der Waals surface area contributed by atoms with Crippen molar-refractivity contribution in [1.82, 2.24) is 15.3 Å². The van der Waals surface area contributed by atoms with Gasteiger partial charge in [-0.1, -0.05) is 18.2 Å². The highest BCUT2D eigenvalue weighted by atomic mass is 35.5. The van der Waals surface area contributed by atoms with Crippen molar-refractivity contribution in [2.45, 2.75) is 19.9 Å². The third-order valence-electron chi connectivity index (χ3n) is 3.30. The lowest BCUT2D eigenvalue weighted by Crippen LogP contribution is -2.26. The van der Waals surface area contributed by atoms with Crippen LogP contribution in [0, 0.1) is 6.92 Å². The number of hydrogen-bond acceptors (Lipinski definition) is 4. The van der Waals surface area contributed by atoms with Gasteiger partial charge in [0, 0.05) is 30.8 Å². The molecule has 0 spiro atoms. The van der Waals surface area contributed by atoms with Gasteiger partial charge in [-0.3, -0.25) is 0 Å². The fourth-order valence-corrected chi connectivity index (χ4v) is 2.44. The molecule has 0 saturated carbocycles. The third-order valence-corrected chi connectivity index (χ3v) is 3.47. The second-order valence-corrected chi connectivity index (χ2v) is 4.97. The molecule has 0 bridgehead atoms. The zero-order valence-electron chi connectivity index (χ0n) is 10.7. The molecule has 1 aliphatic heterocycles. The zero-order valence-corrected chi connectivity index (χ0v) is 11.5.